The van der Waals surface area contributed by atoms with E-state index in [1.54, 1.807) is 17.0 Å². The summed E-state index contributed by atoms with van der Waals surface area (Å²) < 4.78 is 8.67. The summed E-state index contributed by atoms with van der Waals surface area (Å²) in [7, 11) is 0. The third-order valence-corrected chi connectivity index (χ3v) is 6.68. The predicted octanol–water partition coefficient (Wildman–Crippen LogP) is 7.26. The molecular formula is C32H27BrN4O2. The second-order valence-electron chi connectivity index (χ2n) is 9.21. The van der Waals surface area contributed by atoms with Crippen molar-refractivity contribution in [2.45, 2.75) is 20.5 Å². The van der Waals surface area contributed by atoms with E-state index in [-0.39, 0.29) is 11.6 Å². The van der Waals surface area contributed by atoms with Crippen LogP contribution in [0.25, 0.3) is 16.9 Å². The highest BCUT2D eigenvalue weighted by atomic mass is 79.9. The zero-order chi connectivity index (χ0) is 27.2. The normalized spacial score (nSPS) is 11.1. The van der Waals surface area contributed by atoms with Gasteiger partial charge < -0.3 is 4.74 Å². The van der Waals surface area contributed by atoms with E-state index >= 15 is 0 Å². The lowest BCUT2D eigenvalue weighted by atomic mass is 10.1. The van der Waals surface area contributed by atoms with E-state index in [1.165, 1.54) is 0 Å². The molecule has 0 aliphatic carbocycles. The van der Waals surface area contributed by atoms with Gasteiger partial charge in [-0.15, -0.1) is 0 Å². The van der Waals surface area contributed by atoms with Gasteiger partial charge in [0.15, 0.2) is 5.69 Å². The minimum Gasteiger partial charge on any atom is -0.489 e. The predicted molar refractivity (Wildman–Crippen MR) is 158 cm³/mol. The molecule has 0 aliphatic rings. The first-order chi connectivity index (χ1) is 18.9. The first-order valence-corrected chi connectivity index (χ1v) is 13.3. The number of hydrazone groups is 1. The number of carbonyl (C=O) groups is 1. The van der Waals surface area contributed by atoms with Gasteiger partial charge in [0.1, 0.15) is 12.4 Å². The summed E-state index contributed by atoms with van der Waals surface area (Å²) in [6.45, 7) is 4.56. The van der Waals surface area contributed by atoms with Crippen molar-refractivity contribution < 1.29 is 9.53 Å². The Morgan fingerprint density at radius 2 is 1.54 bits per heavy atom. The molecule has 0 spiro atoms. The molecule has 0 atom stereocenters. The van der Waals surface area contributed by atoms with Crippen LogP contribution in [0.5, 0.6) is 5.75 Å². The van der Waals surface area contributed by atoms with Crippen molar-refractivity contribution in [2.24, 2.45) is 5.10 Å². The summed E-state index contributed by atoms with van der Waals surface area (Å²) in [5.41, 5.74) is 9.78. The monoisotopic (exact) mass is 578 g/mol. The van der Waals surface area contributed by atoms with E-state index in [0.29, 0.717) is 6.61 Å². The Morgan fingerprint density at radius 1 is 0.897 bits per heavy atom. The highest BCUT2D eigenvalue weighted by Gasteiger charge is 2.16. The van der Waals surface area contributed by atoms with Gasteiger partial charge >= 0.3 is 0 Å². The maximum atomic E-state index is 12.9. The number of halogens is 1. The van der Waals surface area contributed by atoms with Crippen LogP contribution in [0, 0.1) is 13.8 Å². The van der Waals surface area contributed by atoms with Crippen molar-refractivity contribution in [3.63, 3.8) is 0 Å². The molecular weight excluding hydrogens is 552 g/mol. The van der Waals surface area contributed by atoms with Gasteiger partial charge in [-0.2, -0.15) is 10.2 Å². The van der Waals surface area contributed by atoms with Crippen molar-refractivity contribution in [1.82, 2.24) is 15.2 Å². The summed E-state index contributed by atoms with van der Waals surface area (Å²) in [4.78, 5) is 12.9. The van der Waals surface area contributed by atoms with Crippen LogP contribution < -0.4 is 10.2 Å². The van der Waals surface area contributed by atoms with Gasteiger partial charge in [-0.25, -0.2) is 10.1 Å². The molecule has 5 aromatic rings. The Bertz CT molecular complexity index is 1530. The molecule has 1 N–H and O–H groups in total. The first kappa shape index (κ1) is 26.1. The average Bonchev–Trinajstić information content (AvgIpc) is 3.40. The highest BCUT2D eigenvalue weighted by Crippen LogP contribution is 2.25. The zero-order valence-electron chi connectivity index (χ0n) is 21.6. The number of hydrogen-bond acceptors (Lipinski definition) is 4. The molecule has 194 valence electrons. The van der Waals surface area contributed by atoms with E-state index in [2.05, 4.69) is 31.6 Å². The van der Waals surface area contributed by atoms with E-state index < -0.39 is 0 Å². The number of aromatic nitrogens is 2. The molecule has 0 radical (unpaired) electrons. The van der Waals surface area contributed by atoms with Crippen LogP contribution in [0.4, 0.5) is 0 Å². The molecule has 4 aromatic carbocycles. The maximum Gasteiger partial charge on any atom is 0.291 e. The number of nitrogens with one attached hydrogen (secondary N) is 1. The number of benzene rings is 4. The summed E-state index contributed by atoms with van der Waals surface area (Å²) in [6, 6.07) is 33.5. The van der Waals surface area contributed by atoms with E-state index in [1.807, 2.05) is 111 Å². The molecule has 1 heterocycles. The number of carbonyl (C=O) groups excluding carboxylic acids is 1. The topological polar surface area (TPSA) is 68.5 Å². The van der Waals surface area contributed by atoms with Gasteiger partial charge in [-0.05, 0) is 79.6 Å². The Hall–Kier alpha value is -4.49. The molecule has 6 nitrogen and oxygen atoms in total. The zero-order valence-corrected chi connectivity index (χ0v) is 23.2. The number of aryl methyl sites for hydroxylation is 2. The van der Waals surface area contributed by atoms with Gasteiger partial charge in [0, 0.05) is 10.0 Å². The smallest absolute Gasteiger partial charge is 0.291 e. The quantitative estimate of drug-likeness (QED) is 0.155. The standard InChI is InChI=1S/C32H27BrN4O2/c1-22-3-11-26(12-4-22)31-19-30(36-37(31)28-15-5-23(2)6-16-28)32(38)35-34-20-24-9-17-29(18-10-24)39-21-25-7-13-27(33)14-8-25/h3-20H,21H2,1-2H3,(H,35,38)/b34-20-. The first-order valence-electron chi connectivity index (χ1n) is 12.5. The number of nitrogens with zero attached hydrogens (tertiary/aromatic N) is 3. The number of hydrogen-bond donors (Lipinski definition) is 1. The van der Waals surface area contributed by atoms with Crippen molar-refractivity contribution >= 4 is 28.1 Å². The molecule has 0 bridgehead atoms. The molecule has 0 aliphatic heterocycles. The van der Waals surface area contributed by atoms with Crippen LogP contribution in [0.1, 0.15) is 32.7 Å². The third kappa shape index (κ3) is 6.69. The third-order valence-electron chi connectivity index (χ3n) is 6.15. The molecule has 39 heavy (non-hydrogen) atoms. The summed E-state index contributed by atoms with van der Waals surface area (Å²) in [5.74, 6) is 0.365. The van der Waals surface area contributed by atoms with Crippen LogP contribution >= 0.6 is 15.9 Å². The van der Waals surface area contributed by atoms with Gasteiger partial charge in [-0.3, -0.25) is 4.79 Å². The van der Waals surface area contributed by atoms with E-state index in [4.69, 9.17) is 4.74 Å². The lowest BCUT2D eigenvalue weighted by Crippen LogP contribution is -2.18. The van der Waals surface area contributed by atoms with Crippen molar-refractivity contribution in [2.75, 3.05) is 0 Å². The minimum absolute atomic E-state index is 0.278. The van der Waals surface area contributed by atoms with Crippen LogP contribution in [0.15, 0.2) is 113 Å². The molecule has 0 fully saturated rings. The largest absolute Gasteiger partial charge is 0.489 e. The van der Waals surface area contributed by atoms with Gasteiger partial charge in [0.2, 0.25) is 0 Å². The summed E-state index contributed by atoms with van der Waals surface area (Å²) >= 11 is 3.44. The fourth-order valence-corrected chi connectivity index (χ4v) is 4.19. The fraction of sp³-hybridized carbons (Fsp3) is 0.0938. The van der Waals surface area contributed by atoms with Crippen molar-refractivity contribution in [3.8, 4) is 22.7 Å². The number of ether oxygens (including phenoxy) is 1. The lowest BCUT2D eigenvalue weighted by molar-refractivity contribution is 0.0949. The molecule has 0 unspecified atom stereocenters. The van der Waals surface area contributed by atoms with E-state index in [0.717, 1.165) is 49.4 Å². The second-order valence-corrected chi connectivity index (χ2v) is 10.1. The molecule has 1 aromatic heterocycles. The average molecular weight is 579 g/mol. The molecule has 0 saturated heterocycles. The SMILES string of the molecule is Cc1ccc(-c2cc(C(=O)N/N=C\c3ccc(OCc4ccc(Br)cc4)cc3)nn2-c2ccc(C)cc2)cc1. The highest BCUT2D eigenvalue weighted by molar-refractivity contribution is 9.10. The number of rotatable bonds is 8. The summed E-state index contributed by atoms with van der Waals surface area (Å²) in [6.07, 6.45) is 1.59. The van der Waals surface area contributed by atoms with Crippen molar-refractivity contribution in [1.29, 1.82) is 0 Å². The maximum absolute atomic E-state index is 12.9. The van der Waals surface area contributed by atoms with Gasteiger partial charge in [0.05, 0.1) is 17.6 Å². The van der Waals surface area contributed by atoms with Gasteiger partial charge in [0.25, 0.3) is 5.91 Å². The Labute approximate surface area is 236 Å². The van der Waals surface area contributed by atoms with Crippen LogP contribution in [0.3, 0.4) is 0 Å². The summed E-state index contributed by atoms with van der Waals surface area (Å²) in [5, 5.41) is 8.75. The van der Waals surface area contributed by atoms with Gasteiger partial charge in [-0.1, -0.05) is 75.6 Å². The molecule has 0 saturated carbocycles. The number of amides is 1. The van der Waals surface area contributed by atoms with Crippen LogP contribution in [-0.4, -0.2) is 21.9 Å². The molecule has 5 rings (SSSR count). The van der Waals surface area contributed by atoms with Crippen molar-refractivity contribution in [3.05, 3.63) is 136 Å². The Morgan fingerprint density at radius 3 is 2.21 bits per heavy atom. The van der Waals surface area contributed by atoms with Crippen LogP contribution in [0.2, 0.25) is 0 Å². The molecule has 7 heteroatoms. The fourth-order valence-electron chi connectivity index (χ4n) is 3.92. The Kier molecular flexibility index (Phi) is 7.99. The molecule has 1 amide bonds. The van der Waals surface area contributed by atoms with E-state index in [9.17, 15) is 4.79 Å². The second kappa shape index (κ2) is 11.9. The Balaban J connectivity index is 1.26. The van der Waals surface area contributed by atoms with Crippen LogP contribution in [-0.2, 0) is 6.61 Å². The lowest BCUT2D eigenvalue weighted by Gasteiger charge is -2.08. The minimum atomic E-state index is -0.389.